The van der Waals surface area contributed by atoms with Crippen LogP contribution in [0.15, 0.2) is 53.0 Å². The Morgan fingerprint density at radius 3 is 2.72 bits per heavy atom. The van der Waals surface area contributed by atoms with E-state index in [0.717, 1.165) is 5.57 Å². The Morgan fingerprint density at radius 2 is 2.06 bits per heavy atom. The van der Waals surface area contributed by atoms with E-state index in [1.165, 1.54) is 6.08 Å². The predicted molar refractivity (Wildman–Crippen MR) is 60.5 cm³/mol. The molecule has 0 fully saturated rings. The van der Waals surface area contributed by atoms with Crippen molar-refractivity contribution in [2.45, 2.75) is 13.1 Å². The van der Waals surface area contributed by atoms with Crippen LogP contribution in [0.5, 0.6) is 0 Å². The monoisotopic (exact) mass is 254 g/mol. The summed E-state index contributed by atoms with van der Waals surface area (Å²) in [6.07, 6.45) is 3.79. The molecule has 0 aromatic carbocycles. The third kappa shape index (κ3) is 2.58. The summed E-state index contributed by atoms with van der Waals surface area (Å²) in [5.41, 5.74) is 0.985. The summed E-state index contributed by atoms with van der Waals surface area (Å²) in [6.45, 7) is 1.89. The van der Waals surface area contributed by atoms with E-state index in [0.29, 0.717) is 11.9 Å². The van der Waals surface area contributed by atoms with E-state index in [1.807, 2.05) is 6.92 Å². The Balaban J connectivity index is 2.24. The van der Waals surface area contributed by atoms with Crippen molar-refractivity contribution in [3.63, 3.8) is 0 Å². The summed E-state index contributed by atoms with van der Waals surface area (Å²) in [5, 5.41) is 0. The summed E-state index contributed by atoms with van der Waals surface area (Å²) in [7, 11) is 0. The van der Waals surface area contributed by atoms with Crippen molar-refractivity contribution in [1.82, 2.24) is 4.90 Å². The van der Waals surface area contributed by atoms with Gasteiger partial charge in [-0.15, -0.1) is 0 Å². The lowest BCUT2D eigenvalue weighted by molar-refractivity contribution is -0.165. The number of ketones is 1. The van der Waals surface area contributed by atoms with E-state index in [1.54, 1.807) is 29.5 Å². The first-order chi connectivity index (χ1) is 8.36. The summed E-state index contributed by atoms with van der Waals surface area (Å²) < 4.78 is 36.3. The Morgan fingerprint density at radius 1 is 1.33 bits per heavy atom. The molecule has 0 aromatic rings. The second-order valence-electron chi connectivity index (χ2n) is 3.83. The summed E-state index contributed by atoms with van der Waals surface area (Å²) in [6, 6.07) is 0. The molecule has 0 saturated heterocycles. The molecular weight excluding hydrogens is 245 g/mol. The van der Waals surface area contributed by atoms with Crippen LogP contribution in [0.2, 0.25) is 0 Å². The fraction of sp³-hybridized carbons (Fsp3) is 0.167. The number of carbonyl (C=O) groups excluding carboxylic acids is 1. The number of rotatable bonds is 1. The molecule has 94 valence electrons. The van der Waals surface area contributed by atoms with Crippen LogP contribution < -0.4 is 0 Å². The number of hydrogen-bond donors (Lipinski definition) is 0. The van der Waals surface area contributed by atoms with Crippen molar-refractivity contribution in [2.24, 2.45) is 4.99 Å². The number of allylic oxidation sites excluding steroid dienone is 4. The van der Waals surface area contributed by atoms with Gasteiger partial charge in [-0.2, -0.15) is 13.2 Å². The van der Waals surface area contributed by atoms with Gasteiger partial charge in [0, 0.05) is 18.5 Å². The molecule has 0 radical (unpaired) electrons. The van der Waals surface area contributed by atoms with Gasteiger partial charge in [-0.1, -0.05) is 6.08 Å². The standard InChI is InChI=1S/C12H9F3N2O/c1-8-2-3-11-16-9(4-5-17(11)7-8)6-10(18)12(13,14)15/h2-7H,1H3/b9-6-. The topological polar surface area (TPSA) is 32.7 Å². The zero-order valence-corrected chi connectivity index (χ0v) is 9.40. The van der Waals surface area contributed by atoms with Gasteiger partial charge in [0.05, 0.1) is 5.70 Å². The number of nitrogens with zero attached hydrogens (tertiary/aromatic N) is 2. The van der Waals surface area contributed by atoms with Crippen molar-refractivity contribution < 1.29 is 18.0 Å². The van der Waals surface area contributed by atoms with Gasteiger partial charge >= 0.3 is 6.18 Å². The molecule has 3 nitrogen and oxygen atoms in total. The van der Waals surface area contributed by atoms with Gasteiger partial charge in [0.15, 0.2) is 0 Å². The molecule has 2 aliphatic heterocycles. The first-order valence-corrected chi connectivity index (χ1v) is 5.11. The molecule has 2 aliphatic rings. The highest BCUT2D eigenvalue weighted by molar-refractivity contribution is 5.99. The summed E-state index contributed by atoms with van der Waals surface area (Å²) >= 11 is 0. The molecular formula is C12H9F3N2O. The normalized spacial score (nSPS) is 20.7. The number of amidine groups is 1. The molecule has 2 heterocycles. The number of hydrogen-bond acceptors (Lipinski definition) is 3. The molecule has 0 saturated carbocycles. The first-order valence-electron chi connectivity index (χ1n) is 5.11. The third-order valence-corrected chi connectivity index (χ3v) is 2.31. The van der Waals surface area contributed by atoms with Crippen LogP contribution in [0.3, 0.4) is 0 Å². The summed E-state index contributed by atoms with van der Waals surface area (Å²) in [4.78, 5) is 16.4. The largest absolute Gasteiger partial charge is 0.454 e. The quantitative estimate of drug-likeness (QED) is 0.674. The zero-order valence-electron chi connectivity index (χ0n) is 9.40. The van der Waals surface area contributed by atoms with Crippen LogP contribution in [0.25, 0.3) is 0 Å². The van der Waals surface area contributed by atoms with E-state index < -0.39 is 12.0 Å². The van der Waals surface area contributed by atoms with E-state index in [-0.39, 0.29) is 5.70 Å². The van der Waals surface area contributed by atoms with Crippen molar-refractivity contribution in [3.05, 3.63) is 48.0 Å². The minimum absolute atomic E-state index is 0.0128. The van der Waals surface area contributed by atoms with Crippen molar-refractivity contribution in [3.8, 4) is 0 Å². The smallest absolute Gasteiger partial charge is 0.308 e. The molecule has 0 aliphatic carbocycles. The molecule has 0 aromatic heterocycles. The van der Waals surface area contributed by atoms with E-state index in [2.05, 4.69) is 4.99 Å². The maximum atomic E-state index is 12.1. The van der Waals surface area contributed by atoms with Gasteiger partial charge in [0.2, 0.25) is 0 Å². The first kappa shape index (κ1) is 12.3. The van der Waals surface area contributed by atoms with E-state index >= 15 is 0 Å². The second kappa shape index (κ2) is 4.29. The van der Waals surface area contributed by atoms with Crippen molar-refractivity contribution in [1.29, 1.82) is 0 Å². The molecule has 6 heteroatoms. The van der Waals surface area contributed by atoms with Crippen molar-refractivity contribution >= 4 is 11.6 Å². The van der Waals surface area contributed by atoms with E-state index in [4.69, 9.17) is 0 Å². The van der Waals surface area contributed by atoms with E-state index in [9.17, 15) is 18.0 Å². The maximum Gasteiger partial charge on any atom is 0.454 e. The molecule has 0 spiro atoms. The minimum atomic E-state index is -4.86. The molecule has 18 heavy (non-hydrogen) atoms. The molecule has 0 amide bonds. The number of carbonyl (C=O) groups is 1. The highest BCUT2D eigenvalue weighted by Crippen LogP contribution is 2.21. The highest BCUT2D eigenvalue weighted by atomic mass is 19.4. The SMILES string of the molecule is CC1=CN2C=C/C(=C/C(=O)C(F)(F)F)N=C2C=C1. The molecule has 0 bridgehead atoms. The van der Waals surface area contributed by atoms with Crippen LogP contribution in [0, 0.1) is 0 Å². The Hall–Kier alpha value is -2.11. The zero-order chi connectivity index (χ0) is 13.3. The lowest BCUT2D eigenvalue weighted by atomic mass is 10.2. The van der Waals surface area contributed by atoms with Crippen LogP contribution in [-0.2, 0) is 4.79 Å². The highest BCUT2D eigenvalue weighted by Gasteiger charge is 2.36. The summed E-state index contributed by atoms with van der Waals surface area (Å²) in [5.74, 6) is -1.43. The number of alkyl halides is 3. The van der Waals surface area contributed by atoms with Crippen molar-refractivity contribution in [2.75, 3.05) is 0 Å². The van der Waals surface area contributed by atoms with Crippen LogP contribution >= 0.6 is 0 Å². The molecule has 0 N–H and O–H groups in total. The van der Waals surface area contributed by atoms with Gasteiger partial charge < -0.3 is 4.90 Å². The minimum Gasteiger partial charge on any atom is -0.308 e. The fourth-order valence-electron chi connectivity index (χ4n) is 1.46. The lowest BCUT2D eigenvalue weighted by Gasteiger charge is -2.23. The average molecular weight is 254 g/mol. The van der Waals surface area contributed by atoms with Gasteiger partial charge in [-0.25, -0.2) is 4.99 Å². The van der Waals surface area contributed by atoms with Crippen LogP contribution in [-0.4, -0.2) is 22.7 Å². The van der Waals surface area contributed by atoms with Crippen LogP contribution in [0.1, 0.15) is 6.92 Å². The van der Waals surface area contributed by atoms with Gasteiger partial charge in [-0.3, -0.25) is 4.79 Å². The Bertz CT molecular complexity index is 536. The maximum absolute atomic E-state index is 12.1. The van der Waals surface area contributed by atoms with Gasteiger partial charge in [0.1, 0.15) is 5.84 Å². The average Bonchev–Trinajstić information content (AvgIpc) is 2.28. The van der Waals surface area contributed by atoms with Gasteiger partial charge in [-0.05, 0) is 24.6 Å². The third-order valence-electron chi connectivity index (χ3n) is 2.31. The molecule has 0 atom stereocenters. The molecule has 0 unspecified atom stereocenters. The Labute approximate surface area is 101 Å². The Kier molecular flexibility index (Phi) is 2.94. The van der Waals surface area contributed by atoms with Crippen LogP contribution in [0.4, 0.5) is 13.2 Å². The lowest BCUT2D eigenvalue weighted by Crippen LogP contribution is -2.24. The fourth-order valence-corrected chi connectivity index (χ4v) is 1.46. The molecule has 2 rings (SSSR count). The number of halogens is 3. The second-order valence-corrected chi connectivity index (χ2v) is 3.83. The predicted octanol–water partition coefficient (Wildman–Crippen LogP) is 2.70. The number of fused-ring (bicyclic) bond motifs is 1. The van der Waals surface area contributed by atoms with Gasteiger partial charge in [0.25, 0.3) is 5.78 Å². The number of aliphatic imine (C=N–C) groups is 1.